The van der Waals surface area contributed by atoms with Crippen molar-refractivity contribution in [3.8, 4) is 17.7 Å². The number of hydrogen-bond donors (Lipinski definition) is 0. The van der Waals surface area contributed by atoms with E-state index in [4.69, 9.17) is 4.74 Å². The molecule has 1 aromatic heterocycles. The lowest BCUT2D eigenvalue weighted by atomic mass is 10.1. The molecule has 0 spiro atoms. The van der Waals surface area contributed by atoms with E-state index < -0.39 is 0 Å². The fourth-order valence-electron chi connectivity index (χ4n) is 0.985. The summed E-state index contributed by atoms with van der Waals surface area (Å²) in [6.07, 6.45) is 4.23. The van der Waals surface area contributed by atoms with E-state index in [1.54, 1.807) is 12.4 Å². The Bertz CT molecular complexity index is 346. The van der Waals surface area contributed by atoms with E-state index >= 15 is 0 Å². The lowest BCUT2D eigenvalue weighted by Gasteiger charge is -2.04. The molecule has 80 valence electrons. The van der Waals surface area contributed by atoms with Gasteiger partial charge in [0.15, 0.2) is 6.61 Å². The van der Waals surface area contributed by atoms with Gasteiger partial charge in [-0.05, 0) is 5.92 Å². The Labute approximate surface area is 90.9 Å². The number of rotatable bonds is 3. The van der Waals surface area contributed by atoms with Gasteiger partial charge in [0.25, 0.3) is 0 Å². The predicted molar refractivity (Wildman–Crippen MR) is 59.7 cm³/mol. The van der Waals surface area contributed by atoms with Gasteiger partial charge in [0.05, 0.1) is 18.1 Å². The van der Waals surface area contributed by atoms with Crippen molar-refractivity contribution in [2.45, 2.75) is 33.1 Å². The van der Waals surface area contributed by atoms with Gasteiger partial charge in [0, 0.05) is 6.42 Å². The van der Waals surface area contributed by atoms with Gasteiger partial charge in [-0.2, -0.15) is 0 Å². The SMILES string of the molecule is CCC#CCOc1cnc(C(C)C)cn1. The standard InChI is InChI=1S/C12H16N2O/c1-4-5-6-7-15-12-9-13-11(8-14-12)10(2)3/h8-10H,4,7H2,1-3H3. The van der Waals surface area contributed by atoms with Crippen LogP contribution in [0.25, 0.3) is 0 Å². The molecular formula is C12H16N2O. The summed E-state index contributed by atoms with van der Waals surface area (Å²) in [6.45, 7) is 6.54. The molecule has 0 saturated carbocycles. The summed E-state index contributed by atoms with van der Waals surface area (Å²) in [5, 5.41) is 0. The Kier molecular flexibility index (Phi) is 4.62. The van der Waals surface area contributed by atoms with Crippen molar-refractivity contribution in [3.63, 3.8) is 0 Å². The minimum absolute atomic E-state index is 0.379. The maximum Gasteiger partial charge on any atom is 0.233 e. The highest BCUT2D eigenvalue weighted by molar-refractivity contribution is 5.10. The molecule has 1 rings (SSSR count). The van der Waals surface area contributed by atoms with Crippen molar-refractivity contribution in [2.75, 3.05) is 6.61 Å². The fourth-order valence-corrected chi connectivity index (χ4v) is 0.985. The molecule has 0 aliphatic heterocycles. The molecule has 0 radical (unpaired) electrons. The van der Waals surface area contributed by atoms with Crippen molar-refractivity contribution >= 4 is 0 Å². The van der Waals surface area contributed by atoms with Gasteiger partial charge >= 0.3 is 0 Å². The van der Waals surface area contributed by atoms with E-state index in [0.29, 0.717) is 18.4 Å². The zero-order valence-electron chi connectivity index (χ0n) is 9.45. The smallest absolute Gasteiger partial charge is 0.233 e. The molecule has 1 aromatic rings. The summed E-state index contributed by atoms with van der Waals surface area (Å²) >= 11 is 0. The van der Waals surface area contributed by atoms with Crippen molar-refractivity contribution in [2.24, 2.45) is 0 Å². The van der Waals surface area contributed by atoms with Crippen molar-refractivity contribution in [3.05, 3.63) is 18.1 Å². The fraction of sp³-hybridized carbons (Fsp3) is 0.500. The van der Waals surface area contributed by atoms with Crippen LogP contribution in [0.1, 0.15) is 38.8 Å². The summed E-state index contributed by atoms with van der Waals surface area (Å²) in [5.74, 6) is 6.73. The van der Waals surface area contributed by atoms with E-state index in [2.05, 4.69) is 35.7 Å². The average molecular weight is 204 g/mol. The number of hydrogen-bond acceptors (Lipinski definition) is 3. The van der Waals surface area contributed by atoms with Gasteiger partial charge in [-0.1, -0.05) is 26.7 Å². The summed E-state index contributed by atoms with van der Waals surface area (Å²) in [4.78, 5) is 8.39. The van der Waals surface area contributed by atoms with Crippen molar-refractivity contribution in [1.29, 1.82) is 0 Å². The molecule has 0 unspecified atom stereocenters. The third-order valence-corrected chi connectivity index (χ3v) is 1.83. The molecule has 3 heteroatoms. The van der Waals surface area contributed by atoms with Crippen LogP contribution in [0.5, 0.6) is 5.88 Å². The summed E-state index contributed by atoms with van der Waals surface area (Å²) in [7, 11) is 0. The van der Waals surface area contributed by atoms with E-state index in [9.17, 15) is 0 Å². The normalized spacial score (nSPS) is 9.60. The van der Waals surface area contributed by atoms with Gasteiger partial charge in [-0.25, -0.2) is 4.98 Å². The van der Waals surface area contributed by atoms with E-state index in [1.165, 1.54) is 0 Å². The highest BCUT2D eigenvalue weighted by Gasteiger charge is 2.01. The Morgan fingerprint density at radius 1 is 1.27 bits per heavy atom. The third-order valence-electron chi connectivity index (χ3n) is 1.83. The van der Waals surface area contributed by atoms with Crippen LogP contribution in [-0.2, 0) is 0 Å². The molecule has 0 aliphatic rings. The molecule has 0 amide bonds. The second-order valence-electron chi connectivity index (χ2n) is 3.43. The highest BCUT2D eigenvalue weighted by atomic mass is 16.5. The molecule has 0 saturated heterocycles. The average Bonchev–Trinajstić information content (AvgIpc) is 2.25. The molecule has 3 nitrogen and oxygen atoms in total. The summed E-state index contributed by atoms with van der Waals surface area (Å²) in [6, 6.07) is 0. The molecule has 0 aromatic carbocycles. The zero-order chi connectivity index (χ0) is 11.1. The lowest BCUT2D eigenvalue weighted by Crippen LogP contribution is -1.99. The molecule has 15 heavy (non-hydrogen) atoms. The minimum atomic E-state index is 0.379. The number of ether oxygens (including phenoxy) is 1. The Balaban J connectivity index is 2.50. The number of aromatic nitrogens is 2. The Morgan fingerprint density at radius 3 is 2.60 bits per heavy atom. The third kappa shape index (κ3) is 3.99. The van der Waals surface area contributed by atoms with Gasteiger partial charge in [0.2, 0.25) is 5.88 Å². The molecule has 1 heterocycles. The highest BCUT2D eigenvalue weighted by Crippen LogP contribution is 2.11. The first-order valence-corrected chi connectivity index (χ1v) is 5.14. The topological polar surface area (TPSA) is 35.0 Å². The quantitative estimate of drug-likeness (QED) is 0.709. The minimum Gasteiger partial charge on any atom is -0.463 e. The first kappa shape index (κ1) is 11.5. The van der Waals surface area contributed by atoms with Crippen molar-refractivity contribution in [1.82, 2.24) is 9.97 Å². The predicted octanol–water partition coefficient (Wildman–Crippen LogP) is 2.39. The first-order valence-electron chi connectivity index (χ1n) is 5.14. The summed E-state index contributed by atoms with van der Waals surface area (Å²) < 4.78 is 5.30. The second kappa shape index (κ2) is 6.02. The molecular weight excluding hydrogens is 188 g/mol. The first-order chi connectivity index (χ1) is 7.24. The van der Waals surface area contributed by atoms with Crippen LogP contribution in [0.3, 0.4) is 0 Å². The Hall–Kier alpha value is -1.56. The molecule has 0 fully saturated rings. The maximum absolute atomic E-state index is 5.30. The Morgan fingerprint density at radius 2 is 2.07 bits per heavy atom. The van der Waals surface area contributed by atoms with Crippen LogP contribution in [-0.4, -0.2) is 16.6 Å². The van der Waals surface area contributed by atoms with Gasteiger partial charge < -0.3 is 4.74 Å². The van der Waals surface area contributed by atoms with Crippen LogP contribution in [0.2, 0.25) is 0 Å². The van der Waals surface area contributed by atoms with Crippen LogP contribution in [0.4, 0.5) is 0 Å². The van der Waals surface area contributed by atoms with E-state index in [-0.39, 0.29) is 0 Å². The van der Waals surface area contributed by atoms with Crippen LogP contribution >= 0.6 is 0 Å². The monoisotopic (exact) mass is 204 g/mol. The van der Waals surface area contributed by atoms with Crippen LogP contribution in [0.15, 0.2) is 12.4 Å². The van der Waals surface area contributed by atoms with Crippen molar-refractivity contribution < 1.29 is 4.74 Å². The number of nitrogens with zero attached hydrogens (tertiary/aromatic N) is 2. The molecule has 0 aliphatic carbocycles. The van der Waals surface area contributed by atoms with Crippen LogP contribution in [0, 0.1) is 11.8 Å². The van der Waals surface area contributed by atoms with Gasteiger partial charge in [0.1, 0.15) is 0 Å². The molecule has 0 atom stereocenters. The van der Waals surface area contributed by atoms with E-state index in [1.807, 2.05) is 6.92 Å². The largest absolute Gasteiger partial charge is 0.463 e. The maximum atomic E-state index is 5.30. The second-order valence-corrected chi connectivity index (χ2v) is 3.43. The zero-order valence-corrected chi connectivity index (χ0v) is 9.45. The molecule has 0 bridgehead atoms. The summed E-state index contributed by atoms with van der Waals surface area (Å²) in [5.41, 5.74) is 0.974. The lowest BCUT2D eigenvalue weighted by molar-refractivity contribution is 0.353. The van der Waals surface area contributed by atoms with E-state index in [0.717, 1.165) is 12.1 Å². The van der Waals surface area contributed by atoms with Crippen LogP contribution < -0.4 is 4.74 Å². The molecule has 0 N–H and O–H groups in total. The van der Waals surface area contributed by atoms with Gasteiger partial charge in [-0.3, -0.25) is 4.98 Å². The van der Waals surface area contributed by atoms with Gasteiger partial charge in [-0.15, -0.1) is 5.92 Å².